The van der Waals surface area contributed by atoms with Gasteiger partial charge in [-0.05, 0) is 34.5 Å². The molecule has 17 heavy (non-hydrogen) atoms. The van der Waals surface area contributed by atoms with Gasteiger partial charge in [-0.25, -0.2) is 18.6 Å². The van der Waals surface area contributed by atoms with Gasteiger partial charge >= 0.3 is 5.97 Å². The van der Waals surface area contributed by atoms with Crippen molar-refractivity contribution in [3.63, 3.8) is 0 Å². The second-order valence-electron chi connectivity index (χ2n) is 3.02. The fraction of sp³-hybridized carbons (Fsp3) is 0.400. The van der Waals surface area contributed by atoms with E-state index in [-0.39, 0.29) is 16.8 Å². The number of pyridine rings is 1. The molecule has 0 aliphatic heterocycles. The van der Waals surface area contributed by atoms with Crippen molar-refractivity contribution < 1.29 is 18.3 Å². The molecule has 0 bridgehead atoms. The third kappa shape index (κ3) is 3.45. The minimum absolute atomic E-state index is 0.111. The molecule has 0 aromatic carbocycles. The highest BCUT2D eigenvalue weighted by Crippen LogP contribution is 2.30. The van der Waals surface area contributed by atoms with Gasteiger partial charge in [-0.2, -0.15) is 0 Å². The Hall–Kier alpha value is -0.560. The summed E-state index contributed by atoms with van der Waals surface area (Å²) >= 11 is 6.20. The number of esters is 1. The molecular weight excluding hydrogens is 364 g/mol. The van der Waals surface area contributed by atoms with Crippen molar-refractivity contribution in [2.75, 3.05) is 6.61 Å². The van der Waals surface area contributed by atoms with E-state index in [4.69, 9.17) is 4.74 Å². The third-order valence-corrected chi connectivity index (χ3v) is 3.41. The minimum atomic E-state index is -2.75. The van der Waals surface area contributed by atoms with Crippen LogP contribution in [0.1, 0.15) is 35.1 Å². The van der Waals surface area contributed by atoms with Crippen LogP contribution in [0.4, 0.5) is 8.78 Å². The number of hydrogen-bond donors (Lipinski definition) is 0. The fourth-order valence-electron chi connectivity index (χ4n) is 1.16. The summed E-state index contributed by atoms with van der Waals surface area (Å²) in [6, 6.07) is 1.42. The van der Waals surface area contributed by atoms with Gasteiger partial charge < -0.3 is 4.74 Å². The lowest BCUT2D eigenvalue weighted by atomic mass is 10.2. The summed E-state index contributed by atoms with van der Waals surface area (Å²) < 4.78 is 30.4. The maximum absolute atomic E-state index is 12.7. The van der Waals surface area contributed by atoms with Crippen LogP contribution in [0.15, 0.2) is 10.5 Å². The normalized spacial score (nSPS) is 10.7. The Kier molecular flexibility index (Phi) is 5.45. The van der Waals surface area contributed by atoms with E-state index >= 15 is 0 Å². The number of alkyl halides is 3. The third-order valence-electron chi connectivity index (χ3n) is 1.89. The van der Waals surface area contributed by atoms with Gasteiger partial charge in [0, 0.05) is 9.80 Å². The van der Waals surface area contributed by atoms with Crippen LogP contribution >= 0.6 is 31.9 Å². The zero-order chi connectivity index (χ0) is 13.0. The Morgan fingerprint density at radius 3 is 2.71 bits per heavy atom. The number of carbonyl (C=O) groups excluding carboxylic acids is 1. The number of nitrogens with zero attached hydrogens (tertiary/aromatic N) is 1. The summed E-state index contributed by atoms with van der Waals surface area (Å²) in [6.45, 7) is 1.81. The van der Waals surface area contributed by atoms with Crippen molar-refractivity contribution in [1.82, 2.24) is 4.98 Å². The van der Waals surface area contributed by atoms with Crippen LogP contribution in [0.2, 0.25) is 0 Å². The second kappa shape index (κ2) is 6.39. The molecule has 0 aliphatic carbocycles. The topological polar surface area (TPSA) is 39.2 Å². The lowest BCUT2D eigenvalue weighted by Gasteiger charge is -2.09. The first-order chi connectivity index (χ1) is 8.01. The Balaban J connectivity index is 3.25. The van der Waals surface area contributed by atoms with Crippen molar-refractivity contribution in [3.8, 4) is 0 Å². The fourth-order valence-corrected chi connectivity index (χ4v) is 2.49. The first kappa shape index (κ1) is 14.5. The molecule has 1 rings (SSSR count). The lowest BCUT2D eigenvalue weighted by molar-refractivity contribution is 0.0517. The molecule has 0 aliphatic rings. The molecule has 0 fully saturated rings. The first-order valence-electron chi connectivity index (χ1n) is 4.71. The van der Waals surface area contributed by atoms with Crippen LogP contribution in [0.25, 0.3) is 0 Å². The van der Waals surface area contributed by atoms with Gasteiger partial charge in [-0.3, -0.25) is 0 Å². The number of hydrogen-bond acceptors (Lipinski definition) is 3. The molecule has 0 atom stereocenters. The smallest absolute Gasteiger partial charge is 0.356 e. The van der Waals surface area contributed by atoms with E-state index < -0.39 is 18.1 Å². The highest BCUT2D eigenvalue weighted by Gasteiger charge is 2.20. The number of aromatic nitrogens is 1. The quantitative estimate of drug-likeness (QED) is 0.595. The highest BCUT2D eigenvalue weighted by atomic mass is 79.9. The van der Waals surface area contributed by atoms with E-state index in [0.29, 0.717) is 10.9 Å². The molecular formula is C10H9Br2F2NO2. The van der Waals surface area contributed by atoms with Gasteiger partial charge in [0.2, 0.25) is 0 Å². The summed E-state index contributed by atoms with van der Waals surface area (Å²) in [7, 11) is 0. The molecule has 0 spiro atoms. The van der Waals surface area contributed by atoms with Gasteiger partial charge in [-0.1, -0.05) is 15.9 Å². The van der Waals surface area contributed by atoms with E-state index in [0.717, 1.165) is 0 Å². The van der Waals surface area contributed by atoms with Gasteiger partial charge in [0.15, 0.2) is 0 Å². The summed E-state index contributed by atoms with van der Waals surface area (Å²) in [4.78, 5) is 15.0. The van der Waals surface area contributed by atoms with Gasteiger partial charge in [-0.15, -0.1) is 0 Å². The molecule has 3 nitrogen and oxygen atoms in total. The SMILES string of the molecule is CCOC(=O)c1cc(CBr)c(Br)c(C(F)F)n1. The van der Waals surface area contributed by atoms with Crippen molar-refractivity contribution >= 4 is 37.8 Å². The van der Waals surface area contributed by atoms with Crippen LogP contribution in [-0.4, -0.2) is 17.6 Å². The number of carbonyl (C=O) groups is 1. The molecule has 1 heterocycles. The highest BCUT2D eigenvalue weighted by molar-refractivity contribution is 9.10. The standard InChI is InChI=1S/C10H9Br2F2NO2/c1-2-17-10(16)6-3-5(4-11)7(12)8(15-6)9(13)14/h3,9H,2,4H2,1H3. The minimum Gasteiger partial charge on any atom is -0.461 e. The van der Waals surface area contributed by atoms with E-state index in [1.165, 1.54) is 6.07 Å². The Morgan fingerprint density at radius 1 is 1.59 bits per heavy atom. The average Bonchev–Trinajstić information content (AvgIpc) is 2.29. The maximum atomic E-state index is 12.7. The van der Waals surface area contributed by atoms with Gasteiger partial charge in [0.25, 0.3) is 6.43 Å². The average molecular weight is 373 g/mol. The summed E-state index contributed by atoms with van der Waals surface area (Å²) in [5, 5.41) is 0.336. The predicted octanol–water partition coefficient (Wildman–Crippen LogP) is 3.85. The number of halogens is 4. The van der Waals surface area contributed by atoms with Gasteiger partial charge in [0.1, 0.15) is 11.4 Å². The molecule has 0 amide bonds. The predicted molar refractivity (Wildman–Crippen MR) is 65.5 cm³/mol. The maximum Gasteiger partial charge on any atom is 0.356 e. The molecule has 1 aromatic rings. The van der Waals surface area contributed by atoms with Crippen molar-refractivity contribution in [1.29, 1.82) is 0 Å². The number of rotatable bonds is 4. The largest absolute Gasteiger partial charge is 0.461 e. The van der Waals surface area contributed by atoms with Crippen LogP contribution in [-0.2, 0) is 10.1 Å². The Morgan fingerprint density at radius 2 is 2.24 bits per heavy atom. The summed E-state index contributed by atoms with van der Waals surface area (Å²) in [6.07, 6.45) is -2.75. The van der Waals surface area contributed by atoms with E-state index in [1.807, 2.05) is 0 Å². The Labute approximate surface area is 114 Å². The molecule has 0 saturated carbocycles. The zero-order valence-corrected chi connectivity index (χ0v) is 12.0. The molecule has 1 aromatic heterocycles. The molecule has 0 radical (unpaired) electrons. The lowest BCUT2D eigenvalue weighted by Crippen LogP contribution is -2.10. The molecule has 0 saturated heterocycles. The zero-order valence-electron chi connectivity index (χ0n) is 8.84. The van der Waals surface area contributed by atoms with Crippen molar-refractivity contribution in [2.24, 2.45) is 0 Å². The van der Waals surface area contributed by atoms with Crippen molar-refractivity contribution in [3.05, 3.63) is 27.5 Å². The summed E-state index contributed by atoms with van der Waals surface area (Å²) in [5.74, 6) is -0.705. The molecule has 94 valence electrons. The van der Waals surface area contributed by atoms with E-state index in [9.17, 15) is 13.6 Å². The number of ether oxygens (including phenoxy) is 1. The molecule has 0 N–H and O–H groups in total. The van der Waals surface area contributed by atoms with Crippen LogP contribution < -0.4 is 0 Å². The van der Waals surface area contributed by atoms with Crippen LogP contribution in [0, 0.1) is 0 Å². The van der Waals surface area contributed by atoms with Crippen LogP contribution in [0.5, 0.6) is 0 Å². The summed E-state index contributed by atoms with van der Waals surface area (Å²) in [5.41, 5.74) is -0.0387. The Bertz CT molecular complexity index is 427. The van der Waals surface area contributed by atoms with E-state index in [2.05, 4.69) is 36.8 Å². The molecule has 7 heteroatoms. The van der Waals surface area contributed by atoms with Crippen molar-refractivity contribution in [2.45, 2.75) is 18.7 Å². The second-order valence-corrected chi connectivity index (χ2v) is 4.37. The van der Waals surface area contributed by atoms with E-state index in [1.54, 1.807) is 6.92 Å². The van der Waals surface area contributed by atoms with Crippen LogP contribution in [0.3, 0.4) is 0 Å². The first-order valence-corrected chi connectivity index (χ1v) is 6.63. The monoisotopic (exact) mass is 371 g/mol. The van der Waals surface area contributed by atoms with Gasteiger partial charge in [0.05, 0.1) is 6.61 Å². The molecule has 0 unspecified atom stereocenters.